The molecule has 2 saturated heterocycles. The summed E-state index contributed by atoms with van der Waals surface area (Å²) in [7, 11) is 1.69. The van der Waals surface area contributed by atoms with Crippen molar-refractivity contribution in [2.45, 2.75) is 25.9 Å². The summed E-state index contributed by atoms with van der Waals surface area (Å²) in [5.74, 6) is -0.342. The van der Waals surface area contributed by atoms with E-state index in [1.165, 1.54) is 12.1 Å². The summed E-state index contributed by atoms with van der Waals surface area (Å²) >= 11 is 0. The van der Waals surface area contributed by atoms with Gasteiger partial charge in [-0.15, -0.1) is 0 Å². The van der Waals surface area contributed by atoms with E-state index < -0.39 is 0 Å². The third kappa shape index (κ3) is 2.63. The molecule has 120 valence electrons. The molecule has 2 aliphatic heterocycles. The second-order valence-electron chi connectivity index (χ2n) is 6.38. The van der Waals surface area contributed by atoms with Gasteiger partial charge in [0.1, 0.15) is 5.82 Å². The highest BCUT2D eigenvalue weighted by atomic mass is 19.1. The molecule has 4 nitrogen and oxygen atoms in total. The van der Waals surface area contributed by atoms with Gasteiger partial charge < -0.3 is 14.4 Å². The molecule has 0 saturated carbocycles. The zero-order valence-electron chi connectivity index (χ0n) is 13.1. The molecule has 0 aliphatic carbocycles. The molecule has 22 heavy (non-hydrogen) atoms. The smallest absolute Gasteiger partial charge is 0.254 e. The number of ether oxygens (including phenoxy) is 2. The minimum absolute atomic E-state index is 0.0293. The van der Waals surface area contributed by atoms with Crippen molar-refractivity contribution in [3.8, 4) is 0 Å². The fraction of sp³-hybridized carbons (Fsp3) is 0.588. The fourth-order valence-electron chi connectivity index (χ4n) is 3.75. The minimum atomic E-state index is -0.312. The molecule has 2 heterocycles. The number of piperidine rings is 1. The highest BCUT2D eigenvalue weighted by molar-refractivity contribution is 5.95. The van der Waals surface area contributed by atoms with E-state index in [9.17, 15) is 9.18 Å². The SMILES string of the molecule is COC[C@]12CCO[C@H]1CCN(C(=O)c1ccc(F)cc1C)C2. The Morgan fingerprint density at radius 3 is 3.09 bits per heavy atom. The standard InChI is InChI=1S/C17H22FNO3/c1-12-9-13(18)3-4-14(12)16(20)19-7-5-15-17(10-19,11-21-2)6-8-22-15/h3-4,9,15H,5-8,10-11H2,1-2H3/t15-,17+/m0/s1. The van der Waals surface area contributed by atoms with Crippen LogP contribution in [0.3, 0.4) is 0 Å². The zero-order chi connectivity index (χ0) is 15.7. The van der Waals surface area contributed by atoms with E-state index in [1.807, 2.05) is 4.90 Å². The number of hydrogen-bond acceptors (Lipinski definition) is 3. The maximum atomic E-state index is 13.2. The van der Waals surface area contributed by atoms with Gasteiger partial charge in [0.25, 0.3) is 5.91 Å². The van der Waals surface area contributed by atoms with Crippen LogP contribution in [-0.4, -0.2) is 50.3 Å². The second kappa shape index (κ2) is 5.97. The van der Waals surface area contributed by atoms with Crippen LogP contribution < -0.4 is 0 Å². The largest absolute Gasteiger partial charge is 0.384 e. The number of methoxy groups -OCH3 is 1. The van der Waals surface area contributed by atoms with Crippen LogP contribution in [0, 0.1) is 18.2 Å². The molecule has 0 aromatic heterocycles. The molecule has 0 bridgehead atoms. The van der Waals surface area contributed by atoms with Crippen LogP contribution in [0.25, 0.3) is 0 Å². The first-order valence-corrected chi connectivity index (χ1v) is 7.72. The van der Waals surface area contributed by atoms with Gasteiger partial charge in [-0.1, -0.05) is 0 Å². The molecule has 2 atom stereocenters. The van der Waals surface area contributed by atoms with Crippen LogP contribution in [0.5, 0.6) is 0 Å². The van der Waals surface area contributed by atoms with E-state index in [0.29, 0.717) is 30.8 Å². The summed E-state index contributed by atoms with van der Waals surface area (Å²) in [6, 6.07) is 4.33. The molecular weight excluding hydrogens is 285 g/mol. The van der Waals surface area contributed by atoms with Gasteiger partial charge in [-0.25, -0.2) is 4.39 Å². The monoisotopic (exact) mass is 307 g/mol. The highest BCUT2D eigenvalue weighted by Crippen LogP contribution is 2.41. The summed E-state index contributed by atoms with van der Waals surface area (Å²) in [6.45, 7) is 4.41. The number of nitrogens with zero attached hydrogens (tertiary/aromatic N) is 1. The summed E-state index contributed by atoms with van der Waals surface area (Å²) in [5, 5.41) is 0. The fourth-order valence-corrected chi connectivity index (χ4v) is 3.75. The normalized spacial score (nSPS) is 27.8. The van der Waals surface area contributed by atoms with Crippen molar-refractivity contribution in [2.75, 3.05) is 33.4 Å². The van der Waals surface area contributed by atoms with Crippen molar-refractivity contribution >= 4 is 5.91 Å². The Balaban J connectivity index is 1.81. The van der Waals surface area contributed by atoms with E-state index in [1.54, 1.807) is 20.1 Å². The Kier molecular flexibility index (Phi) is 4.19. The first kappa shape index (κ1) is 15.4. The second-order valence-corrected chi connectivity index (χ2v) is 6.38. The lowest BCUT2D eigenvalue weighted by Gasteiger charge is -2.43. The summed E-state index contributed by atoms with van der Waals surface area (Å²) in [5.41, 5.74) is 1.15. The zero-order valence-corrected chi connectivity index (χ0v) is 13.1. The van der Waals surface area contributed by atoms with E-state index in [4.69, 9.17) is 9.47 Å². The Morgan fingerprint density at radius 1 is 1.55 bits per heavy atom. The first-order valence-electron chi connectivity index (χ1n) is 7.72. The number of carbonyl (C=O) groups is 1. The van der Waals surface area contributed by atoms with Crippen molar-refractivity contribution < 1.29 is 18.7 Å². The van der Waals surface area contributed by atoms with Crippen LogP contribution in [0.4, 0.5) is 4.39 Å². The van der Waals surface area contributed by atoms with Crippen LogP contribution in [0.2, 0.25) is 0 Å². The van der Waals surface area contributed by atoms with E-state index in [0.717, 1.165) is 19.4 Å². The van der Waals surface area contributed by atoms with Gasteiger partial charge in [-0.05, 0) is 43.5 Å². The summed E-state index contributed by atoms with van der Waals surface area (Å²) in [6.07, 6.45) is 1.92. The predicted octanol–water partition coefficient (Wildman–Crippen LogP) is 2.40. The van der Waals surface area contributed by atoms with Crippen LogP contribution in [0.15, 0.2) is 18.2 Å². The van der Waals surface area contributed by atoms with Crippen molar-refractivity contribution in [3.63, 3.8) is 0 Å². The maximum Gasteiger partial charge on any atom is 0.254 e. The maximum absolute atomic E-state index is 13.2. The molecule has 0 N–H and O–H groups in total. The first-order chi connectivity index (χ1) is 10.6. The van der Waals surface area contributed by atoms with Gasteiger partial charge in [0, 0.05) is 37.8 Å². The van der Waals surface area contributed by atoms with E-state index >= 15 is 0 Å². The lowest BCUT2D eigenvalue weighted by atomic mass is 9.77. The van der Waals surface area contributed by atoms with Crippen LogP contribution >= 0.6 is 0 Å². The summed E-state index contributed by atoms with van der Waals surface area (Å²) < 4.78 is 24.4. The quantitative estimate of drug-likeness (QED) is 0.861. The lowest BCUT2D eigenvalue weighted by Crippen LogP contribution is -2.53. The van der Waals surface area contributed by atoms with Crippen LogP contribution in [0.1, 0.15) is 28.8 Å². The molecular formula is C17H22FNO3. The van der Waals surface area contributed by atoms with Gasteiger partial charge in [0.15, 0.2) is 0 Å². The topological polar surface area (TPSA) is 38.8 Å². The molecule has 5 heteroatoms. The number of benzene rings is 1. The number of rotatable bonds is 3. The molecule has 1 amide bonds. The number of aryl methyl sites for hydroxylation is 1. The van der Waals surface area contributed by atoms with E-state index in [-0.39, 0.29) is 23.2 Å². The average Bonchev–Trinajstić information content (AvgIpc) is 2.89. The average molecular weight is 307 g/mol. The number of carbonyl (C=O) groups excluding carboxylic acids is 1. The highest BCUT2D eigenvalue weighted by Gasteiger charge is 2.48. The van der Waals surface area contributed by atoms with Crippen molar-refractivity contribution in [1.29, 1.82) is 0 Å². The number of fused-ring (bicyclic) bond motifs is 1. The van der Waals surface area contributed by atoms with E-state index in [2.05, 4.69) is 0 Å². The minimum Gasteiger partial charge on any atom is -0.384 e. The van der Waals surface area contributed by atoms with Gasteiger partial charge in [0.2, 0.25) is 0 Å². The molecule has 2 aliphatic rings. The molecule has 3 rings (SSSR count). The molecule has 0 spiro atoms. The van der Waals surface area contributed by atoms with Crippen molar-refractivity contribution in [1.82, 2.24) is 4.90 Å². The van der Waals surface area contributed by atoms with Gasteiger partial charge in [-0.2, -0.15) is 0 Å². The Hall–Kier alpha value is -1.46. The Labute approximate surface area is 130 Å². The van der Waals surface area contributed by atoms with Crippen LogP contribution in [-0.2, 0) is 9.47 Å². The predicted molar refractivity (Wildman–Crippen MR) is 80.3 cm³/mol. The third-order valence-electron chi connectivity index (χ3n) is 4.91. The molecule has 0 unspecified atom stereocenters. The van der Waals surface area contributed by atoms with Gasteiger partial charge in [-0.3, -0.25) is 4.79 Å². The number of hydrogen-bond donors (Lipinski definition) is 0. The van der Waals surface area contributed by atoms with Crippen molar-refractivity contribution in [2.24, 2.45) is 5.41 Å². The molecule has 1 aromatic rings. The number of likely N-dealkylation sites (tertiary alicyclic amines) is 1. The Morgan fingerprint density at radius 2 is 2.36 bits per heavy atom. The Bertz CT molecular complexity index is 577. The number of amides is 1. The number of halogens is 1. The third-order valence-corrected chi connectivity index (χ3v) is 4.91. The van der Waals surface area contributed by atoms with Gasteiger partial charge >= 0.3 is 0 Å². The molecule has 2 fully saturated rings. The molecule has 1 aromatic carbocycles. The summed E-state index contributed by atoms with van der Waals surface area (Å²) in [4.78, 5) is 14.7. The molecule has 0 radical (unpaired) electrons. The van der Waals surface area contributed by atoms with Crippen molar-refractivity contribution in [3.05, 3.63) is 35.1 Å². The van der Waals surface area contributed by atoms with Gasteiger partial charge in [0.05, 0.1) is 12.7 Å². The lowest BCUT2D eigenvalue weighted by molar-refractivity contribution is -0.0469.